The fourth-order valence-corrected chi connectivity index (χ4v) is 2.80. The molecule has 0 aliphatic carbocycles. The van der Waals surface area contributed by atoms with Gasteiger partial charge in [-0.1, -0.05) is 5.16 Å². The lowest BCUT2D eigenvalue weighted by Crippen LogP contribution is -2.24. The Balaban J connectivity index is 1.79. The van der Waals surface area contributed by atoms with Crippen LogP contribution in [0.2, 0.25) is 0 Å². The molecular formula is C15H21N5O2. The molecule has 1 aliphatic heterocycles. The van der Waals surface area contributed by atoms with Gasteiger partial charge in [0.25, 0.3) is 0 Å². The van der Waals surface area contributed by atoms with Crippen molar-refractivity contribution < 1.29 is 9.63 Å². The Morgan fingerprint density at radius 2 is 2.27 bits per heavy atom. The summed E-state index contributed by atoms with van der Waals surface area (Å²) in [5.41, 5.74) is 1.15. The number of aliphatic hydroxyl groups excluding tert-OH is 1. The van der Waals surface area contributed by atoms with Crippen molar-refractivity contribution in [3.8, 4) is 0 Å². The first kappa shape index (κ1) is 14.9. The Bertz CT molecular complexity index is 642. The van der Waals surface area contributed by atoms with Gasteiger partial charge in [-0.3, -0.25) is 4.90 Å². The van der Waals surface area contributed by atoms with Gasteiger partial charge in [0.15, 0.2) is 5.82 Å². The van der Waals surface area contributed by atoms with Gasteiger partial charge in [0.05, 0.1) is 12.1 Å². The number of aryl methyl sites for hydroxylation is 1. The van der Waals surface area contributed by atoms with Crippen LogP contribution in [0, 0.1) is 6.92 Å². The first-order chi connectivity index (χ1) is 10.5. The molecule has 0 spiro atoms. The minimum absolute atomic E-state index is 0.0350. The molecule has 1 N–H and O–H groups in total. The van der Waals surface area contributed by atoms with Crippen LogP contribution < -0.4 is 4.90 Å². The van der Waals surface area contributed by atoms with Crippen LogP contribution >= 0.6 is 0 Å². The lowest BCUT2D eigenvalue weighted by atomic mass is 10.2. The van der Waals surface area contributed by atoms with E-state index in [0.29, 0.717) is 31.2 Å². The van der Waals surface area contributed by atoms with Crippen molar-refractivity contribution in [1.29, 1.82) is 0 Å². The van der Waals surface area contributed by atoms with Gasteiger partial charge in [-0.05, 0) is 31.0 Å². The smallest absolute Gasteiger partial charge is 0.244 e. The minimum Gasteiger partial charge on any atom is -0.392 e. The van der Waals surface area contributed by atoms with Crippen molar-refractivity contribution >= 4 is 5.82 Å². The fourth-order valence-electron chi connectivity index (χ4n) is 2.80. The average molecular weight is 303 g/mol. The maximum atomic E-state index is 10.0. The van der Waals surface area contributed by atoms with Crippen LogP contribution in [0.15, 0.2) is 22.9 Å². The molecule has 2 atom stereocenters. The van der Waals surface area contributed by atoms with E-state index in [1.54, 1.807) is 6.92 Å². The molecule has 0 bridgehead atoms. The topological polar surface area (TPSA) is 78.5 Å². The molecule has 0 radical (unpaired) electrons. The van der Waals surface area contributed by atoms with E-state index < -0.39 is 0 Å². The standard InChI is InChI=1S/C15H21N5O2/c1-10-17-15(22-18-10)13-7-12(21)9-20(13)8-11-4-5-16-14(6-11)19(2)3/h4-6,12-13,21H,7-9H2,1-3H3/t12-,13-/m1/s1. The third-order valence-corrected chi connectivity index (χ3v) is 3.86. The van der Waals surface area contributed by atoms with Gasteiger partial charge >= 0.3 is 0 Å². The molecule has 7 heteroatoms. The summed E-state index contributed by atoms with van der Waals surface area (Å²) < 4.78 is 5.29. The third-order valence-electron chi connectivity index (χ3n) is 3.86. The predicted molar refractivity (Wildman–Crippen MR) is 81.4 cm³/mol. The highest BCUT2D eigenvalue weighted by molar-refractivity contribution is 5.39. The van der Waals surface area contributed by atoms with Gasteiger partial charge in [-0.2, -0.15) is 4.98 Å². The molecule has 1 aliphatic rings. The van der Waals surface area contributed by atoms with E-state index in [1.165, 1.54) is 0 Å². The summed E-state index contributed by atoms with van der Waals surface area (Å²) in [6, 6.07) is 4.02. The van der Waals surface area contributed by atoms with Gasteiger partial charge in [0, 0.05) is 33.4 Å². The zero-order valence-corrected chi connectivity index (χ0v) is 13.1. The monoisotopic (exact) mass is 303 g/mol. The van der Waals surface area contributed by atoms with Crippen LogP contribution in [0.5, 0.6) is 0 Å². The zero-order valence-electron chi connectivity index (χ0n) is 13.1. The summed E-state index contributed by atoms with van der Waals surface area (Å²) in [4.78, 5) is 12.8. The number of hydrogen-bond acceptors (Lipinski definition) is 7. The molecule has 2 aromatic rings. The van der Waals surface area contributed by atoms with Gasteiger partial charge < -0.3 is 14.5 Å². The molecule has 0 amide bonds. The summed E-state index contributed by atoms with van der Waals surface area (Å²) in [6.07, 6.45) is 2.06. The first-order valence-electron chi connectivity index (χ1n) is 7.37. The summed E-state index contributed by atoms with van der Waals surface area (Å²) in [6.45, 7) is 3.12. The number of anilines is 1. The molecular weight excluding hydrogens is 282 g/mol. The summed E-state index contributed by atoms with van der Waals surface area (Å²) in [5.74, 6) is 2.12. The highest BCUT2D eigenvalue weighted by Crippen LogP contribution is 2.32. The second kappa shape index (κ2) is 6.02. The molecule has 1 saturated heterocycles. The van der Waals surface area contributed by atoms with Gasteiger partial charge in [-0.15, -0.1) is 0 Å². The Labute approximate surface area is 129 Å². The van der Waals surface area contributed by atoms with Gasteiger partial charge in [-0.25, -0.2) is 4.98 Å². The zero-order chi connectivity index (χ0) is 15.7. The molecule has 0 saturated carbocycles. The van der Waals surface area contributed by atoms with Crippen molar-refractivity contribution in [2.45, 2.75) is 32.0 Å². The van der Waals surface area contributed by atoms with E-state index in [2.05, 4.69) is 26.1 Å². The molecule has 2 aromatic heterocycles. The maximum absolute atomic E-state index is 10.0. The highest BCUT2D eigenvalue weighted by atomic mass is 16.5. The Hall–Kier alpha value is -1.99. The molecule has 0 aromatic carbocycles. The molecule has 118 valence electrons. The van der Waals surface area contributed by atoms with E-state index in [0.717, 1.165) is 11.4 Å². The third kappa shape index (κ3) is 3.10. The Morgan fingerprint density at radius 1 is 1.45 bits per heavy atom. The van der Waals surface area contributed by atoms with E-state index in [4.69, 9.17) is 4.52 Å². The molecule has 3 heterocycles. The van der Waals surface area contributed by atoms with E-state index in [-0.39, 0.29) is 12.1 Å². The number of aliphatic hydroxyl groups is 1. The molecule has 1 fully saturated rings. The van der Waals surface area contributed by atoms with Crippen molar-refractivity contribution in [3.05, 3.63) is 35.6 Å². The lowest BCUT2D eigenvalue weighted by molar-refractivity contribution is 0.169. The second-order valence-corrected chi connectivity index (χ2v) is 5.93. The Morgan fingerprint density at radius 3 is 2.95 bits per heavy atom. The SMILES string of the molecule is Cc1noc([C@H]2C[C@@H](O)CN2Cc2ccnc(N(C)C)c2)n1. The van der Waals surface area contributed by atoms with Crippen LogP contribution in [-0.4, -0.2) is 51.9 Å². The van der Waals surface area contributed by atoms with Crippen LogP contribution in [0.3, 0.4) is 0 Å². The normalized spacial score (nSPS) is 22.2. The van der Waals surface area contributed by atoms with Crippen LogP contribution in [0.25, 0.3) is 0 Å². The molecule has 7 nitrogen and oxygen atoms in total. The van der Waals surface area contributed by atoms with Crippen LogP contribution in [-0.2, 0) is 6.54 Å². The van der Waals surface area contributed by atoms with Crippen molar-refractivity contribution in [3.63, 3.8) is 0 Å². The van der Waals surface area contributed by atoms with Crippen LogP contribution in [0.1, 0.15) is 29.7 Å². The summed E-state index contributed by atoms with van der Waals surface area (Å²) >= 11 is 0. The highest BCUT2D eigenvalue weighted by Gasteiger charge is 2.35. The van der Waals surface area contributed by atoms with E-state index in [9.17, 15) is 5.11 Å². The van der Waals surface area contributed by atoms with Crippen LogP contribution in [0.4, 0.5) is 5.82 Å². The number of β-amino-alcohol motifs (C(OH)–C–C–N with tert-alkyl or cyclic N) is 1. The average Bonchev–Trinajstić information content (AvgIpc) is 3.05. The quantitative estimate of drug-likeness (QED) is 0.907. The van der Waals surface area contributed by atoms with E-state index >= 15 is 0 Å². The number of likely N-dealkylation sites (tertiary alicyclic amines) is 1. The van der Waals surface area contributed by atoms with Crippen molar-refractivity contribution in [2.24, 2.45) is 0 Å². The number of pyridine rings is 1. The largest absolute Gasteiger partial charge is 0.392 e. The van der Waals surface area contributed by atoms with Crippen molar-refractivity contribution in [2.75, 3.05) is 25.5 Å². The second-order valence-electron chi connectivity index (χ2n) is 5.93. The number of nitrogens with zero attached hydrogens (tertiary/aromatic N) is 5. The van der Waals surface area contributed by atoms with E-state index in [1.807, 2.05) is 31.3 Å². The summed E-state index contributed by atoms with van der Waals surface area (Å²) in [5, 5.41) is 13.9. The predicted octanol–water partition coefficient (Wildman–Crippen LogP) is 1.15. The number of hydrogen-bond donors (Lipinski definition) is 1. The molecule has 3 rings (SSSR count). The summed E-state index contributed by atoms with van der Waals surface area (Å²) in [7, 11) is 3.94. The van der Waals surface area contributed by atoms with Gasteiger partial charge in [0.2, 0.25) is 5.89 Å². The first-order valence-corrected chi connectivity index (χ1v) is 7.37. The molecule has 22 heavy (non-hydrogen) atoms. The fraction of sp³-hybridized carbons (Fsp3) is 0.533. The number of aromatic nitrogens is 3. The Kier molecular flexibility index (Phi) is 4.08. The molecule has 0 unspecified atom stereocenters. The van der Waals surface area contributed by atoms with Gasteiger partial charge in [0.1, 0.15) is 5.82 Å². The lowest BCUT2D eigenvalue weighted by Gasteiger charge is -2.22. The minimum atomic E-state index is -0.368. The maximum Gasteiger partial charge on any atom is 0.244 e. The number of rotatable bonds is 4. The van der Waals surface area contributed by atoms with Crippen molar-refractivity contribution in [1.82, 2.24) is 20.0 Å².